The molecule has 2 saturated heterocycles. The third-order valence-corrected chi connectivity index (χ3v) is 14.4. The van der Waals surface area contributed by atoms with Crippen LogP contribution >= 0.6 is 35.6 Å². The first kappa shape index (κ1) is 28.6. The monoisotopic (exact) mass is 553 g/mol. The summed E-state index contributed by atoms with van der Waals surface area (Å²) in [5.41, 5.74) is 0. The summed E-state index contributed by atoms with van der Waals surface area (Å²) in [4.78, 5) is 38.9. The third-order valence-electron chi connectivity index (χ3n) is 6.28. The molecular formula is C21H32ClNO6S3Si. The van der Waals surface area contributed by atoms with E-state index < -0.39 is 54.3 Å². The van der Waals surface area contributed by atoms with Gasteiger partial charge in [0.1, 0.15) is 12.0 Å². The van der Waals surface area contributed by atoms with Crippen LogP contribution in [0.25, 0.3) is 0 Å². The molecule has 12 heteroatoms. The summed E-state index contributed by atoms with van der Waals surface area (Å²) in [5, 5.41) is -0.705. The Morgan fingerprint density at radius 2 is 2.00 bits per heavy atom. The Kier molecular flexibility index (Phi) is 9.54. The molecule has 0 bridgehead atoms. The molecule has 2 aliphatic heterocycles. The third kappa shape index (κ3) is 6.76. The second kappa shape index (κ2) is 11.0. The number of ether oxygens (including phenoxy) is 1. The highest BCUT2D eigenvalue weighted by Crippen LogP contribution is 2.44. The molecule has 2 fully saturated rings. The molecule has 33 heavy (non-hydrogen) atoms. The Labute approximate surface area is 213 Å². The van der Waals surface area contributed by atoms with Gasteiger partial charge >= 0.3 is 11.9 Å². The summed E-state index contributed by atoms with van der Waals surface area (Å²) in [6.07, 6.45) is 0.229. The molecule has 5 atom stereocenters. The van der Waals surface area contributed by atoms with Gasteiger partial charge in [0.15, 0.2) is 8.32 Å². The largest absolute Gasteiger partial charge is 0.453 e. The lowest BCUT2D eigenvalue weighted by molar-refractivity contribution is -0.174. The Hall–Kier alpha value is -0.593. The van der Waals surface area contributed by atoms with Gasteiger partial charge in [-0.15, -0.1) is 0 Å². The fraction of sp³-hybridized carbons (Fsp3) is 0.714. The van der Waals surface area contributed by atoms with Crippen molar-refractivity contribution in [1.82, 2.24) is 4.90 Å². The molecule has 2 aliphatic rings. The van der Waals surface area contributed by atoms with Gasteiger partial charge in [0.25, 0.3) is 0 Å². The van der Waals surface area contributed by atoms with Crippen LogP contribution in [0.4, 0.5) is 0 Å². The van der Waals surface area contributed by atoms with Gasteiger partial charge < -0.3 is 9.16 Å². The van der Waals surface area contributed by atoms with Crippen LogP contribution in [0.5, 0.6) is 0 Å². The molecule has 2 heterocycles. The first-order chi connectivity index (χ1) is 15.1. The zero-order valence-electron chi connectivity index (χ0n) is 19.8. The van der Waals surface area contributed by atoms with E-state index >= 15 is 0 Å². The topological polar surface area (TPSA) is 90.0 Å². The number of amides is 2. The van der Waals surface area contributed by atoms with E-state index in [0.717, 1.165) is 4.90 Å². The molecule has 0 N–H and O–H groups in total. The molecule has 0 spiro atoms. The first-order valence-corrected chi connectivity index (χ1v) is 16.7. The SMILES string of the molecule is C=C(Cl)COC(=O)C(=O)N1C(=O)[C@H]([C@@H](C)O[Si](C)(C)C(C)(C)C)[C@H]1SC(=S)C1CCS(=O)C1. The minimum absolute atomic E-state index is 0.0396. The Morgan fingerprint density at radius 3 is 2.48 bits per heavy atom. The van der Waals surface area contributed by atoms with E-state index in [1.165, 1.54) is 11.8 Å². The van der Waals surface area contributed by atoms with Crippen LogP contribution in [0, 0.1) is 11.8 Å². The number of halogens is 1. The predicted molar refractivity (Wildman–Crippen MR) is 139 cm³/mol. The second-order valence-corrected chi connectivity index (χ2v) is 18.6. The number of thioether (sulfide) groups is 1. The van der Waals surface area contributed by atoms with Crippen LogP contribution < -0.4 is 0 Å². The predicted octanol–water partition coefficient (Wildman–Crippen LogP) is 3.83. The average Bonchev–Trinajstić information content (AvgIpc) is 3.10. The van der Waals surface area contributed by atoms with Crippen molar-refractivity contribution in [1.29, 1.82) is 0 Å². The van der Waals surface area contributed by atoms with Gasteiger partial charge in [-0.3, -0.25) is 18.7 Å². The number of β-lactam (4-membered cyclic amide) rings is 1. The molecule has 0 aliphatic carbocycles. The maximum Gasteiger partial charge on any atom is 0.397 e. The zero-order valence-corrected chi connectivity index (χ0v) is 24.0. The van der Waals surface area contributed by atoms with Crippen LogP contribution in [0.3, 0.4) is 0 Å². The van der Waals surface area contributed by atoms with E-state index in [1.807, 2.05) is 6.92 Å². The number of carbonyl (C=O) groups is 3. The van der Waals surface area contributed by atoms with Crippen molar-refractivity contribution in [2.75, 3.05) is 18.1 Å². The number of thiocarbonyl (C=S) groups is 1. The summed E-state index contributed by atoms with van der Waals surface area (Å²) in [6, 6.07) is 0. The molecule has 0 saturated carbocycles. The van der Waals surface area contributed by atoms with E-state index in [2.05, 4.69) is 40.4 Å². The summed E-state index contributed by atoms with van der Waals surface area (Å²) >= 11 is 12.4. The van der Waals surface area contributed by atoms with Gasteiger partial charge in [0.05, 0.1) is 16.2 Å². The van der Waals surface area contributed by atoms with Crippen molar-refractivity contribution in [3.63, 3.8) is 0 Å². The minimum atomic E-state index is -2.20. The van der Waals surface area contributed by atoms with Gasteiger partial charge in [-0.1, -0.05) is 62.9 Å². The van der Waals surface area contributed by atoms with Crippen molar-refractivity contribution in [2.45, 2.75) is 63.7 Å². The number of likely N-dealkylation sites (tertiary alicyclic amines) is 1. The second-order valence-electron chi connectivity index (χ2n) is 9.84. The minimum Gasteiger partial charge on any atom is -0.453 e. The smallest absolute Gasteiger partial charge is 0.397 e. The maximum absolute atomic E-state index is 13.1. The van der Waals surface area contributed by atoms with Crippen molar-refractivity contribution in [3.05, 3.63) is 11.6 Å². The standard InChI is InChI=1S/C21H32ClNO6S3Si/c1-12(22)10-28-19(26)17(25)23-16(24)15(13(2)29-33(6,7)21(3,4)5)18(23)31-20(30)14-8-9-32(27)11-14/h13-15,18H,1,8-11H2,2-7H3/t13-,14?,15+,18-,32?/m1/s1. The first-order valence-electron chi connectivity index (χ1n) is 10.7. The molecule has 0 aromatic heterocycles. The summed E-state index contributed by atoms with van der Waals surface area (Å²) in [6.45, 7) is 15.4. The summed E-state index contributed by atoms with van der Waals surface area (Å²) in [7, 11) is -3.11. The van der Waals surface area contributed by atoms with E-state index in [9.17, 15) is 18.6 Å². The maximum atomic E-state index is 13.1. The lowest BCUT2D eigenvalue weighted by Crippen LogP contribution is -2.67. The van der Waals surface area contributed by atoms with Crippen molar-refractivity contribution < 1.29 is 27.8 Å². The lowest BCUT2D eigenvalue weighted by atomic mass is 9.92. The van der Waals surface area contributed by atoms with Gasteiger partial charge in [-0.25, -0.2) is 4.79 Å². The number of hydrogen-bond donors (Lipinski definition) is 0. The molecular weight excluding hydrogens is 522 g/mol. The zero-order chi connectivity index (χ0) is 25.3. The number of nitrogens with zero attached hydrogens (tertiary/aromatic N) is 1. The van der Waals surface area contributed by atoms with Gasteiger partial charge in [-0.2, -0.15) is 0 Å². The molecule has 2 unspecified atom stereocenters. The van der Waals surface area contributed by atoms with Crippen LogP contribution in [-0.4, -0.2) is 69.0 Å². The fourth-order valence-corrected chi connectivity index (χ4v) is 8.45. The van der Waals surface area contributed by atoms with E-state index in [0.29, 0.717) is 22.1 Å². The van der Waals surface area contributed by atoms with Crippen molar-refractivity contribution in [2.24, 2.45) is 11.8 Å². The highest BCUT2D eigenvalue weighted by molar-refractivity contribution is 8.23. The molecule has 0 aromatic carbocycles. The number of hydrogen-bond acceptors (Lipinski definition) is 8. The van der Waals surface area contributed by atoms with Gasteiger partial charge in [-0.05, 0) is 31.5 Å². The molecule has 2 amide bonds. The number of carbonyl (C=O) groups excluding carboxylic acids is 3. The fourth-order valence-electron chi connectivity index (χ4n) is 3.35. The van der Waals surface area contributed by atoms with E-state index in [1.54, 1.807) is 0 Å². The van der Waals surface area contributed by atoms with Crippen LogP contribution in [0.15, 0.2) is 11.6 Å². The highest BCUT2D eigenvalue weighted by atomic mass is 35.5. The van der Waals surface area contributed by atoms with Crippen molar-refractivity contribution >= 4 is 76.7 Å². The molecule has 0 aromatic rings. The Balaban J connectivity index is 2.23. The molecule has 7 nitrogen and oxygen atoms in total. The van der Waals surface area contributed by atoms with E-state index in [-0.39, 0.29) is 22.6 Å². The quantitative estimate of drug-likeness (QED) is 0.154. The number of rotatable bonds is 7. The van der Waals surface area contributed by atoms with E-state index in [4.69, 9.17) is 33.0 Å². The summed E-state index contributed by atoms with van der Waals surface area (Å²) < 4.78 is 23.7. The van der Waals surface area contributed by atoms with Crippen LogP contribution in [-0.2, 0) is 34.3 Å². The number of esters is 1. The highest BCUT2D eigenvalue weighted by Gasteiger charge is 2.57. The van der Waals surface area contributed by atoms with Crippen LogP contribution in [0.2, 0.25) is 18.1 Å². The van der Waals surface area contributed by atoms with Gasteiger partial charge in [0.2, 0.25) is 5.91 Å². The van der Waals surface area contributed by atoms with Crippen molar-refractivity contribution in [3.8, 4) is 0 Å². The summed E-state index contributed by atoms with van der Waals surface area (Å²) in [5.74, 6) is -2.37. The lowest BCUT2D eigenvalue weighted by Gasteiger charge is -2.49. The molecule has 0 radical (unpaired) electrons. The van der Waals surface area contributed by atoms with Gasteiger partial charge in [0, 0.05) is 33.3 Å². The molecule has 186 valence electrons. The Morgan fingerprint density at radius 1 is 1.39 bits per heavy atom. The molecule has 2 rings (SSSR count). The Bertz CT molecular complexity index is 875. The average molecular weight is 554 g/mol. The normalized spacial score (nSPS) is 26.5. The van der Waals surface area contributed by atoms with Crippen LogP contribution in [0.1, 0.15) is 34.1 Å². The number of imide groups is 1.